The summed E-state index contributed by atoms with van der Waals surface area (Å²) in [5.74, 6) is 0.565. The minimum atomic E-state index is -4.83. The molecule has 0 aliphatic carbocycles. The number of alkyl halides is 3. The molecular formula is C24H26ClF3N2O3. The van der Waals surface area contributed by atoms with Gasteiger partial charge >= 0.3 is 6.18 Å². The molecule has 1 aliphatic heterocycles. The monoisotopic (exact) mass is 482 g/mol. The fourth-order valence-electron chi connectivity index (χ4n) is 4.60. The summed E-state index contributed by atoms with van der Waals surface area (Å²) >= 11 is 6.23. The van der Waals surface area contributed by atoms with Crippen LogP contribution in [-0.4, -0.2) is 38.6 Å². The van der Waals surface area contributed by atoms with Crippen LogP contribution in [0.15, 0.2) is 30.3 Å². The molecule has 0 saturated carbocycles. The van der Waals surface area contributed by atoms with E-state index in [1.54, 1.807) is 44.2 Å². The predicted octanol–water partition coefficient (Wildman–Crippen LogP) is 5.24. The van der Waals surface area contributed by atoms with Crippen molar-refractivity contribution >= 4 is 22.6 Å². The third-order valence-corrected chi connectivity index (χ3v) is 6.52. The number of hydrogen-bond donors (Lipinski definition) is 3. The third-order valence-electron chi connectivity index (χ3n) is 6.30. The zero-order chi connectivity index (χ0) is 24.0. The first-order chi connectivity index (χ1) is 15.4. The quantitative estimate of drug-likeness (QED) is 0.430. The van der Waals surface area contributed by atoms with Crippen molar-refractivity contribution in [3.05, 3.63) is 57.9 Å². The Hall–Kier alpha value is -2.29. The Bertz CT molecular complexity index is 1180. The van der Waals surface area contributed by atoms with Crippen LogP contribution in [0.5, 0.6) is 5.75 Å². The van der Waals surface area contributed by atoms with E-state index < -0.39 is 30.0 Å². The highest BCUT2D eigenvalue weighted by Gasteiger charge is 2.55. The lowest BCUT2D eigenvalue weighted by atomic mass is 9.72. The number of benzene rings is 1. The van der Waals surface area contributed by atoms with Gasteiger partial charge in [-0.15, -0.1) is 0 Å². The number of aromatic nitrogens is 2. The van der Waals surface area contributed by atoms with Crippen LogP contribution in [0.2, 0.25) is 5.02 Å². The number of halogens is 4. The lowest BCUT2D eigenvalue weighted by molar-refractivity contribution is -0.269. The summed E-state index contributed by atoms with van der Waals surface area (Å²) in [6.07, 6.45) is -5.28. The molecule has 1 aromatic carbocycles. The molecule has 0 fully saturated rings. The maximum absolute atomic E-state index is 14.2. The molecule has 1 aliphatic rings. The van der Waals surface area contributed by atoms with Gasteiger partial charge < -0.3 is 19.9 Å². The summed E-state index contributed by atoms with van der Waals surface area (Å²) in [4.78, 5) is 7.30. The van der Waals surface area contributed by atoms with E-state index in [1.807, 2.05) is 0 Å². The maximum Gasteiger partial charge on any atom is 0.417 e. The first kappa shape index (κ1) is 23.9. The van der Waals surface area contributed by atoms with Gasteiger partial charge in [0.15, 0.2) is 5.60 Å². The number of ether oxygens (including phenoxy) is 1. The molecule has 3 heterocycles. The van der Waals surface area contributed by atoms with Crippen molar-refractivity contribution in [2.45, 2.75) is 63.3 Å². The molecule has 3 N–H and O–H groups in total. The van der Waals surface area contributed by atoms with E-state index in [1.165, 1.54) is 0 Å². The predicted molar refractivity (Wildman–Crippen MR) is 120 cm³/mol. The van der Waals surface area contributed by atoms with Gasteiger partial charge in [0.2, 0.25) is 0 Å². The van der Waals surface area contributed by atoms with Gasteiger partial charge in [-0.25, -0.2) is 4.98 Å². The van der Waals surface area contributed by atoms with Crippen LogP contribution in [0.25, 0.3) is 11.0 Å². The molecule has 0 radical (unpaired) electrons. The molecule has 0 bridgehead atoms. The van der Waals surface area contributed by atoms with E-state index in [4.69, 9.17) is 16.3 Å². The first-order valence-corrected chi connectivity index (χ1v) is 11.1. The van der Waals surface area contributed by atoms with Gasteiger partial charge in [-0.2, -0.15) is 13.2 Å². The highest BCUT2D eigenvalue weighted by Crippen LogP contribution is 2.47. The summed E-state index contributed by atoms with van der Waals surface area (Å²) in [5, 5.41) is 20.6. The van der Waals surface area contributed by atoms with Crippen molar-refractivity contribution in [3.8, 4) is 5.75 Å². The highest BCUT2D eigenvalue weighted by molar-refractivity contribution is 6.30. The number of aliphatic hydroxyl groups excluding tert-OH is 1. The second-order valence-electron chi connectivity index (χ2n) is 9.32. The second-order valence-corrected chi connectivity index (χ2v) is 9.75. The van der Waals surface area contributed by atoms with Crippen LogP contribution in [0, 0.1) is 0 Å². The van der Waals surface area contributed by atoms with Gasteiger partial charge in [0, 0.05) is 22.7 Å². The Morgan fingerprint density at radius 1 is 1.18 bits per heavy atom. The smallest absolute Gasteiger partial charge is 0.417 e. The molecule has 4 rings (SSSR count). The van der Waals surface area contributed by atoms with Crippen LogP contribution in [-0.2, 0) is 24.9 Å². The van der Waals surface area contributed by atoms with Crippen LogP contribution in [0.1, 0.15) is 49.2 Å². The van der Waals surface area contributed by atoms with E-state index in [-0.39, 0.29) is 13.0 Å². The largest absolute Gasteiger partial charge is 0.493 e. The normalized spacial score (nSPS) is 16.0. The number of aliphatic hydroxyl groups is 2. The molecule has 0 spiro atoms. The van der Waals surface area contributed by atoms with Gasteiger partial charge in [-0.05, 0) is 60.6 Å². The first-order valence-electron chi connectivity index (χ1n) is 10.7. The lowest BCUT2D eigenvalue weighted by Crippen LogP contribution is -2.49. The zero-order valence-corrected chi connectivity index (χ0v) is 19.1. The molecule has 0 amide bonds. The molecule has 1 atom stereocenters. The molecule has 9 heteroatoms. The highest BCUT2D eigenvalue weighted by atomic mass is 35.5. The minimum Gasteiger partial charge on any atom is -0.493 e. The van der Waals surface area contributed by atoms with Crippen molar-refractivity contribution in [1.29, 1.82) is 0 Å². The Morgan fingerprint density at radius 2 is 1.94 bits per heavy atom. The van der Waals surface area contributed by atoms with E-state index in [0.29, 0.717) is 51.8 Å². The summed E-state index contributed by atoms with van der Waals surface area (Å²) < 4.78 is 48.2. The van der Waals surface area contributed by atoms with Crippen LogP contribution < -0.4 is 4.74 Å². The van der Waals surface area contributed by atoms with Gasteiger partial charge in [0.25, 0.3) is 0 Å². The van der Waals surface area contributed by atoms with E-state index in [0.717, 1.165) is 5.56 Å². The van der Waals surface area contributed by atoms with Crippen molar-refractivity contribution in [1.82, 2.24) is 9.97 Å². The average Bonchev–Trinajstić information content (AvgIpc) is 3.36. The molecule has 178 valence electrons. The average molecular weight is 483 g/mol. The van der Waals surface area contributed by atoms with Crippen LogP contribution >= 0.6 is 11.6 Å². The Labute approximate surface area is 194 Å². The van der Waals surface area contributed by atoms with Gasteiger partial charge in [0.1, 0.15) is 5.75 Å². The zero-order valence-electron chi connectivity index (χ0n) is 18.4. The van der Waals surface area contributed by atoms with Crippen molar-refractivity contribution < 1.29 is 28.1 Å². The number of aryl methyl sites for hydroxylation is 1. The SMILES string of the molecule is CC(C)(CC(O)(CCc1cc2nc(CO)ccc2[nH]1)C(F)(F)F)c1cc(Cl)cc2c1OCC2. The fraction of sp³-hybridized carbons (Fsp3) is 0.458. The summed E-state index contributed by atoms with van der Waals surface area (Å²) in [6, 6.07) is 8.41. The number of fused-ring (bicyclic) bond motifs is 2. The van der Waals surface area contributed by atoms with Gasteiger partial charge in [-0.1, -0.05) is 25.4 Å². The Balaban J connectivity index is 1.60. The number of nitrogens with zero attached hydrogens (tertiary/aromatic N) is 1. The van der Waals surface area contributed by atoms with Crippen molar-refractivity contribution in [2.24, 2.45) is 0 Å². The van der Waals surface area contributed by atoms with E-state index >= 15 is 0 Å². The minimum absolute atomic E-state index is 0.0267. The van der Waals surface area contributed by atoms with E-state index in [2.05, 4.69) is 9.97 Å². The van der Waals surface area contributed by atoms with Gasteiger partial charge in [0.05, 0.1) is 29.9 Å². The maximum atomic E-state index is 14.2. The fourth-order valence-corrected chi connectivity index (χ4v) is 4.84. The molecule has 2 aromatic heterocycles. The lowest BCUT2D eigenvalue weighted by Gasteiger charge is -2.38. The van der Waals surface area contributed by atoms with Crippen molar-refractivity contribution in [3.63, 3.8) is 0 Å². The molecule has 0 saturated heterocycles. The third kappa shape index (κ3) is 4.69. The Kier molecular flexibility index (Phi) is 6.14. The van der Waals surface area contributed by atoms with Gasteiger partial charge in [-0.3, -0.25) is 0 Å². The second kappa shape index (κ2) is 8.49. The van der Waals surface area contributed by atoms with Crippen LogP contribution in [0.4, 0.5) is 13.2 Å². The molecule has 33 heavy (non-hydrogen) atoms. The topological polar surface area (TPSA) is 78.4 Å². The number of pyridine rings is 1. The molecule has 5 nitrogen and oxygen atoms in total. The van der Waals surface area contributed by atoms with Crippen molar-refractivity contribution in [2.75, 3.05) is 6.61 Å². The molecular weight excluding hydrogens is 457 g/mol. The standard InChI is InChI=1S/C24H26ClF3N2O3/c1-22(2,18-10-15(25)9-14-6-8-33-21(14)18)13-23(32,24(26,27)28)7-5-16-11-20-19(29-16)4-3-17(12-31)30-20/h3-4,9-11,29,31-32H,5-8,12-13H2,1-2H3. The summed E-state index contributed by atoms with van der Waals surface area (Å²) in [7, 11) is 0. The number of H-pyrrole nitrogens is 1. The molecule has 3 aromatic rings. The van der Waals surface area contributed by atoms with Crippen LogP contribution in [0.3, 0.4) is 0 Å². The number of rotatable bonds is 7. The molecule has 1 unspecified atom stereocenters. The summed E-state index contributed by atoms with van der Waals surface area (Å²) in [5.41, 5.74) is -0.334. The van der Waals surface area contributed by atoms with E-state index in [9.17, 15) is 23.4 Å². The number of hydrogen-bond acceptors (Lipinski definition) is 4. The number of nitrogens with one attached hydrogen (secondary N) is 1. The summed E-state index contributed by atoms with van der Waals surface area (Å²) in [6.45, 7) is 3.56. The Morgan fingerprint density at radius 3 is 2.64 bits per heavy atom. The number of aromatic amines is 1.